The van der Waals surface area contributed by atoms with Crippen molar-refractivity contribution in [1.82, 2.24) is 4.98 Å². The smallest absolute Gasteiger partial charge is 0.255 e. The van der Waals surface area contributed by atoms with Gasteiger partial charge in [-0.05, 0) is 59.9 Å². The number of hydrogen-bond donors (Lipinski definition) is 1. The molecule has 0 spiro atoms. The van der Waals surface area contributed by atoms with Gasteiger partial charge in [0.15, 0.2) is 0 Å². The van der Waals surface area contributed by atoms with Crippen LogP contribution in [0.2, 0.25) is 0 Å². The van der Waals surface area contributed by atoms with Crippen molar-refractivity contribution < 1.29 is 4.79 Å². The van der Waals surface area contributed by atoms with Crippen molar-refractivity contribution >= 4 is 11.6 Å². The number of carbonyl (C=O) groups excluding carboxylic acids is 1. The van der Waals surface area contributed by atoms with Gasteiger partial charge in [-0.25, -0.2) is 4.98 Å². The molecule has 0 saturated heterocycles. The molecule has 0 atom stereocenters. The lowest BCUT2D eigenvalue weighted by Gasteiger charge is -2.11. The number of nitrogens with zero attached hydrogens (tertiary/aromatic N) is 1. The number of hydrogen-bond acceptors (Lipinski definition) is 2. The molecule has 3 nitrogen and oxygen atoms in total. The maximum atomic E-state index is 13.0. The van der Waals surface area contributed by atoms with Gasteiger partial charge in [0.1, 0.15) is 5.69 Å². The van der Waals surface area contributed by atoms with Crippen molar-refractivity contribution in [2.75, 3.05) is 5.32 Å². The lowest BCUT2D eigenvalue weighted by Crippen LogP contribution is -2.14. The van der Waals surface area contributed by atoms with Crippen LogP contribution >= 0.6 is 0 Å². The highest BCUT2D eigenvalue weighted by atomic mass is 16.1. The second-order valence-electron chi connectivity index (χ2n) is 6.82. The van der Waals surface area contributed by atoms with Gasteiger partial charge in [-0.2, -0.15) is 0 Å². The van der Waals surface area contributed by atoms with Gasteiger partial charge >= 0.3 is 0 Å². The zero-order valence-corrected chi connectivity index (χ0v) is 16.4. The molecule has 0 saturated carbocycles. The molecule has 0 aliphatic carbocycles. The maximum absolute atomic E-state index is 13.0. The van der Waals surface area contributed by atoms with E-state index >= 15 is 0 Å². The molecule has 0 fully saturated rings. The molecule has 4 rings (SSSR count). The third kappa shape index (κ3) is 5.01. The molecule has 0 radical (unpaired) electrons. The molecule has 1 heterocycles. The number of benzene rings is 3. The summed E-state index contributed by atoms with van der Waals surface area (Å²) >= 11 is 0. The fraction of sp³-hybridized carbons (Fsp3) is 0.0370. The van der Waals surface area contributed by atoms with E-state index in [0.717, 1.165) is 11.1 Å². The molecule has 0 unspecified atom stereocenters. The van der Waals surface area contributed by atoms with Crippen molar-refractivity contribution in [3.63, 3.8) is 0 Å². The first-order valence-electron chi connectivity index (χ1n) is 9.74. The molecule has 3 aromatic carbocycles. The van der Waals surface area contributed by atoms with Crippen LogP contribution in [0.5, 0.6) is 0 Å². The monoisotopic (exact) mass is 388 g/mol. The molecular weight excluding hydrogens is 368 g/mol. The summed E-state index contributed by atoms with van der Waals surface area (Å²) < 4.78 is 0. The van der Waals surface area contributed by atoms with Crippen molar-refractivity contribution in [3.8, 4) is 11.8 Å². The number of nitrogens with one attached hydrogen (secondary N) is 1. The summed E-state index contributed by atoms with van der Waals surface area (Å²) in [5, 5.41) is 3.00. The number of rotatable bonds is 4. The van der Waals surface area contributed by atoms with Crippen LogP contribution in [-0.2, 0) is 6.42 Å². The summed E-state index contributed by atoms with van der Waals surface area (Å²) in [5.41, 5.74) is 5.07. The van der Waals surface area contributed by atoms with Gasteiger partial charge in [0.05, 0.1) is 0 Å². The van der Waals surface area contributed by atoms with E-state index in [1.807, 2.05) is 84.9 Å². The number of amides is 1. The fourth-order valence-electron chi connectivity index (χ4n) is 3.16. The minimum absolute atomic E-state index is 0.128. The van der Waals surface area contributed by atoms with Gasteiger partial charge in [-0.15, -0.1) is 0 Å². The van der Waals surface area contributed by atoms with Crippen molar-refractivity contribution in [1.29, 1.82) is 0 Å². The molecule has 0 aliphatic heterocycles. The highest BCUT2D eigenvalue weighted by molar-refractivity contribution is 6.05. The largest absolute Gasteiger partial charge is 0.322 e. The average molecular weight is 388 g/mol. The van der Waals surface area contributed by atoms with Crippen molar-refractivity contribution in [2.24, 2.45) is 0 Å². The first-order chi connectivity index (χ1) is 14.8. The quantitative estimate of drug-likeness (QED) is 0.481. The van der Waals surface area contributed by atoms with Gasteiger partial charge in [-0.1, -0.05) is 66.6 Å². The first kappa shape index (κ1) is 19.2. The summed E-state index contributed by atoms with van der Waals surface area (Å²) in [6, 6.07) is 31.0. The Kier molecular flexibility index (Phi) is 5.98. The second-order valence-corrected chi connectivity index (χ2v) is 6.82. The van der Waals surface area contributed by atoms with Gasteiger partial charge in [0, 0.05) is 23.0 Å². The predicted octanol–water partition coefficient (Wildman–Crippen LogP) is 5.32. The predicted molar refractivity (Wildman–Crippen MR) is 120 cm³/mol. The summed E-state index contributed by atoms with van der Waals surface area (Å²) in [6.45, 7) is 0. The van der Waals surface area contributed by atoms with Crippen LogP contribution in [0.25, 0.3) is 0 Å². The van der Waals surface area contributed by atoms with Crippen molar-refractivity contribution in [3.05, 3.63) is 131 Å². The highest BCUT2D eigenvalue weighted by Crippen LogP contribution is 2.17. The summed E-state index contributed by atoms with van der Waals surface area (Å²) in [6.07, 6.45) is 2.42. The Morgan fingerprint density at radius 3 is 2.43 bits per heavy atom. The van der Waals surface area contributed by atoms with E-state index in [4.69, 9.17) is 0 Å². The van der Waals surface area contributed by atoms with E-state index in [0.29, 0.717) is 23.4 Å². The number of carbonyl (C=O) groups is 1. The molecule has 4 aromatic rings. The zero-order valence-electron chi connectivity index (χ0n) is 16.4. The van der Waals surface area contributed by atoms with Crippen molar-refractivity contribution in [2.45, 2.75) is 6.42 Å². The van der Waals surface area contributed by atoms with Crippen LogP contribution in [0.1, 0.15) is 32.7 Å². The maximum Gasteiger partial charge on any atom is 0.255 e. The molecule has 1 aromatic heterocycles. The topological polar surface area (TPSA) is 42.0 Å². The lowest BCUT2D eigenvalue weighted by molar-refractivity contribution is 0.102. The molecule has 3 heteroatoms. The van der Waals surface area contributed by atoms with Crippen LogP contribution in [0, 0.1) is 11.8 Å². The fourth-order valence-corrected chi connectivity index (χ4v) is 3.16. The Labute approximate surface area is 176 Å². The highest BCUT2D eigenvalue weighted by Gasteiger charge is 2.11. The van der Waals surface area contributed by atoms with Gasteiger partial charge in [0.2, 0.25) is 0 Å². The van der Waals surface area contributed by atoms with E-state index < -0.39 is 0 Å². The number of anilines is 1. The molecule has 30 heavy (non-hydrogen) atoms. The Balaban J connectivity index is 1.52. The summed E-state index contributed by atoms with van der Waals surface area (Å²) in [7, 11) is 0. The number of pyridine rings is 1. The third-order valence-electron chi connectivity index (χ3n) is 4.62. The second kappa shape index (κ2) is 9.36. The van der Waals surface area contributed by atoms with Crippen LogP contribution in [0.4, 0.5) is 5.69 Å². The van der Waals surface area contributed by atoms with Crippen LogP contribution in [0.3, 0.4) is 0 Å². The van der Waals surface area contributed by atoms with Crippen LogP contribution in [0.15, 0.2) is 103 Å². The minimum Gasteiger partial charge on any atom is -0.322 e. The Bertz CT molecular complexity index is 1210. The molecular formula is C27H20N2O. The Morgan fingerprint density at radius 2 is 1.60 bits per heavy atom. The molecule has 144 valence electrons. The number of aromatic nitrogens is 1. The zero-order chi connectivity index (χ0) is 20.6. The van der Waals surface area contributed by atoms with Gasteiger partial charge in [0.25, 0.3) is 5.91 Å². The summed E-state index contributed by atoms with van der Waals surface area (Å²) in [5.74, 6) is 6.00. The van der Waals surface area contributed by atoms with E-state index in [1.165, 1.54) is 5.56 Å². The standard InChI is InChI=1S/C27H20N2O/c30-27(26-15-5-4-12-23(26)19-21-9-2-1-3-10-21)29-25-14-8-11-22(20-25)16-17-24-13-6-7-18-28-24/h1-15,18,20H,19H2,(H,29,30). The third-order valence-corrected chi connectivity index (χ3v) is 4.62. The van der Waals surface area contributed by atoms with E-state index in [9.17, 15) is 4.79 Å². The molecule has 0 aliphatic rings. The normalized spacial score (nSPS) is 10.0. The molecule has 0 bridgehead atoms. The lowest BCUT2D eigenvalue weighted by atomic mass is 9.99. The Morgan fingerprint density at radius 1 is 0.800 bits per heavy atom. The molecule has 1 N–H and O–H groups in total. The van der Waals surface area contributed by atoms with E-state index in [2.05, 4.69) is 34.3 Å². The van der Waals surface area contributed by atoms with Gasteiger partial charge in [-0.3, -0.25) is 4.79 Å². The van der Waals surface area contributed by atoms with Crippen LogP contribution < -0.4 is 5.32 Å². The minimum atomic E-state index is -0.128. The van der Waals surface area contributed by atoms with E-state index in [-0.39, 0.29) is 5.91 Å². The van der Waals surface area contributed by atoms with Gasteiger partial charge < -0.3 is 5.32 Å². The summed E-state index contributed by atoms with van der Waals surface area (Å²) in [4.78, 5) is 17.2. The first-order valence-corrected chi connectivity index (χ1v) is 9.74. The average Bonchev–Trinajstić information content (AvgIpc) is 2.80. The van der Waals surface area contributed by atoms with Crippen LogP contribution in [-0.4, -0.2) is 10.9 Å². The molecule has 1 amide bonds. The Hall–Kier alpha value is -4.16. The SMILES string of the molecule is O=C(Nc1cccc(C#Cc2ccccn2)c1)c1ccccc1Cc1ccccc1. The van der Waals surface area contributed by atoms with E-state index in [1.54, 1.807) is 6.20 Å².